The van der Waals surface area contributed by atoms with E-state index in [1.165, 1.54) is 16.8 Å². The number of thiazole rings is 1. The molecule has 4 nitrogen and oxygen atoms in total. The minimum Gasteiger partial charge on any atom is -0.350 e. The fourth-order valence-electron chi connectivity index (χ4n) is 3.78. The third-order valence-corrected chi connectivity index (χ3v) is 6.37. The average molecular weight is 373 g/mol. The Morgan fingerprint density at radius 1 is 1.12 bits per heavy atom. The minimum atomic E-state index is 0.0387. The third-order valence-electron chi connectivity index (χ3n) is 5.43. The largest absolute Gasteiger partial charge is 0.350 e. The highest BCUT2D eigenvalue weighted by Crippen LogP contribution is 2.29. The van der Waals surface area contributed by atoms with Gasteiger partial charge in [-0.05, 0) is 37.4 Å². The molecule has 2 saturated heterocycles. The van der Waals surface area contributed by atoms with Crippen LogP contribution >= 0.6 is 11.3 Å². The molecule has 0 aliphatic carbocycles. The summed E-state index contributed by atoms with van der Waals surface area (Å²) < 4.78 is 11.3. The molecule has 0 radical (unpaired) electrons. The number of hydrogen-bond acceptors (Lipinski definition) is 5. The SMILES string of the molecule is CC(C)c1ccc(-c2nc(CN3CCC(C4OCCO4)CC3)cs2)cc1. The van der Waals surface area contributed by atoms with Crippen molar-refractivity contribution in [3.05, 3.63) is 40.9 Å². The van der Waals surface area contributed by atoms with Gasteiger partial charge < -0.3 is 9.47 Å². The molecule has 2 aliphatic rings. The number of benzene rings is 1. The molecule has 2 fully saturated rings. The molecule has 1 aromatic carbocycles. The van der Waals surface area contributed by atoms with Gasteiger partial charge in [0.1, 0.15) is 5.01 Å². The molecule has 1 aromatic heterocycles. The molecule has 0 unspecified atom stereocenters. The quantitative estimate of drug-likeness (QED) is 0.773. The van der Waals surface area contributed by atoms with Crippen LogP contribution in [-0.2, 0) is 16.0 Å². The van der Waals surface area contributed by atoms with Crippen molar-refractivity contribution in [1.82, 2.24) is 9.88 Å². The first kappa shape index (κ1) is 18.1. The molecule has 0 saturated carbocycles. The highest BCUT2D eigenvalue weighted by molar-refractivity contribution is 7.13. The molecule has 4 rings (SSSR count). The Morgan fingerprint density at radius 2 is 1.81 bits per heavy atom. The number of hydrogen-bond donors (Lipinski definition) is 0. The number of aromatic nitrogens is 1. The lowest BCUT2D eigenvalue weighted by Gasteiger charge is -2.33. The summed E-state index contributed by atoms with van der Waals surface area (Å²) in [5, 5.41) is 3.33. The zero-order chi connectivity index (χ0) is 17.9. The predicted molar refractivity (Wildman–Crippen MR) is 105 cm³/mol. The van der Waals surface area contributed by atoms with Crippen molar-refractivity contribution in [3.8, 4) is 10.6 Å². The fraction of sp³-hybridized carbons (Fsp3) is 0.571. The van der Waals surface area contributed by atoms with Crippen molar-refractivity contribution in [2.24, 2.45) is 5.92 Å². The Bertz CT molecular complexity index is 699. The third kappa shape index (κ3) is 4.17. The van der Waals surface area contributed by atoms with Crippen LogP contribution in [0.3, 0.4) is 0 Å². The molecular formula is C21H28N2O2S. The molecule has 5 heteroatoms. The van der Waals surface area contributed by atoms with Crippen molar-refractivity contribution in [2.75, 3.05) is 26.3 Å². The lowest BCUT2D eigenvalue weighted by Crippen LogP contribution is -2.37. The lowest BCUT2D eigenvalue weighted by atomic mass is 9.96. The average Bonchev–Trinajstić information content (AvgIpc) is 3.35. The van der Waals surface area contributed by atoms with E-state index in [0.717, 1.165) is 50.7 Å². The number of rotatable bonds is 5. The number of ether oxygens (including phenoxy) is 2. The highest BCUT2D eigenvalue weighted by atomic mass is 32.1. The highest BCUT2D eigenvalue weighted by Gasteiger charge is 2.30. The molecular weight excluding hydrogens is 344 g/mol. The molecule has 0 bridgehead atoms. The zero-order valence-corrected chi connectivity index (χ0v) is 16.5. The Balaban J connectivity index is 1.32. The van der Waals surface area contributed by atoms with Crippen molar-refractivity contribution < 1.29 is 9.47 Å². The summed E-state index contributed by atoms with van der Waals surface area (Å²) in [7, 11) is 0. The van der Waals surface area contributed by atoms with Crippen molar-refractivity contribution >= 4 is 11.3 Å². The first-order valence-electron chi connectivity index (χ1n) is 9.69. The van der Waals surface area contributed by atoms with Gasteiger partial charge in [0.25, 0.3) is 0 Å². The molecule has 3 heterocycles. The minimum absolute atomic E-state index is 0.0387. The molecule has 0 atom stereocenters. The van der Waals surface area contributed by atoms with Gasteiger partial charge in [-0.15, -0.1) is 11.3 Å². The standard InChI is InChI=1S/C21H28N2O2S/c1-15(2)16-3-5-17(6-4-16)20-22-19(14-26-20)13-23-9-7-18(8-10-23)21-24-11-12-25-21/h3-6,14-15,18,21H,7-13H2,1-2H3. The van der Waals surface area contributed by atoms with Crippen LogP contribution in [0.2, 0.25) is 0 Å². The maximum atomic E-state index is 5.67. The van der Waals surface area contributed by atoms with Gasteiger partial charge in [0.15, 0.2) is 6.29 Å². The topological polar surface area (TPSA) is 34.6 Å². The van der Waals surface area contributed by atoms with E-state index in [0.29, 0.717) is 11.8 Å². The van der Waals surface area contributed by atoms with Gasteiger partial charge in [-0.25, -0.2) is 4.98 Å². The van der Waals surface area contributed by atoms with Crippen LogP contribution < -0.4 is 0 Å². The predicted octanol–water partition coefficient (Wildman–Crippen LogP) is 4.52. The van der Waals surface area contributed by atoms with E-state index in [2.05, 4.69) is 48.4 Å². The molecule has 2 aromatic rings. The van der Waals surface area contributed by atoms with Gasteiger partial charge in [0.2, 0.25) is 0 Å². The molecule has 0 spiro atoms. The summed E-state index contributed by atoms with van der Waals surface area (Å²) >= 11 is 1.75. The van der Waals surface area contributed by atoms with E-state index in [4.69, 9.17) is 14.5 Å². The van der Waals surface area contributed by atoms with Crippen LogP contribution in [0.4, 0.5) is 0 Å². The van der Waals surface area contributed by atoms with Crippen LogP contribution in [0.15, 0.2) is 29.6 Å². The lowest BCUT2D eigenvalue weighted by molar-refractivity contribution is -0.0978. The van der Waals surface area contributed by atoms with E-state index in [1.54, 1.807) is 11.3 Å². The van der Waals surface area contributed by atoms with Gasteiger partial charge in [0, 0.05) is 23.4 Å². The molecule has 0 amide bonds. The summed E-state index contributed by atoms with van der Waals surface area (Å²) in [4.78, 5) is 7.38. The van der Waals surface area contributed by atoms with Gasteiger partial charge in [-0.1, -0.05) is 38.1 Å². The van der Waals surface area contributed by atoms with Crippen molar-refractivity contribution in [3.63, 3.8) is 0 Å². The van der Waals surface area contributed by atoms with Crippen LogP contribution in [0.25, 0.3) is 10.6 Å². The fourth-order valence-corrected chi connectivity index (χ4v) is 4.60. The summed E-state index contributed by atoms with van der Waals surface area (Å²) in [6, 6.07) is 8.84. The maximum Gasteiger partial charge on any atom is 0.160 e. The molecule has 140 valence electrons. The smallest absolute Gasteiger partial charge is 0.160 e. The number of piperidine rings is 1. The summed E-state index contributed by atoms with van der Waals surface area (Å²) in [6.07, 6.45) is 2.34. The summed E-state index contributed by atoms with van der Waals surface area (Å²) in [6.45, 7) is 9.11. The van der Waals surface area contributed by atoms with Gasteiger partial charge in [0.05, 0.1) is 18.9 Å². The van der Waals surface area contributed by atoms with Crippen LogP contribution in [0.1, 0.15) is 43.9 Å². The van der Waals surface area contributed by atoms with Gasteiger partial charge >= 0.3 is 0 Å². The Kier molecular flexibility index (Phi) is 5.69. The normalized spacial score (nSPS) is 20.3. The first-order valence-corrected chi connectivity index (χ1v) is 10.6. The maximum absolute atomic E-state index is 5.67. The number of nitrogens with zero attached hydrogens (tertiary/aromatic N) is 2. The van der Waals surface area contributed by atoms with Crippen molar-refractivity contribution in [2.45, 2.75) is 45.4 Å². The second kappa shape index (κ2) is 8.17. The second-order valence-corrected chi connectivity index (χ2v) is 8.50. The zero-order valence-electron chi connectivity index (χ0n) is 15.7. The Morgan fingerprint density at radius 3 is 2.46 bits per heavy atom. The van der Waals surface area contributed by atoms with E-state index in [1.807, 2.05) is 0 Å². The summed E-state index contributed by atoms with van der Waals surface area (Å²) in [5.74, 6) is 1.12. The second-order valence-electron chi connectivity index (χ2n) is 7.64. The number of likely N-dealkylation sites (tertiary alicyclic amines) is 1. The van der Waals surface area contributed by atoms with Gasteiger partial charge in [-0.3, -0.25) is 4.90 Å². The molecule has 26 heavy (non-hydrogen) atoms. The molecule has 2 aliphatic heterocycles. The van der Waals surface area contributed by atoms with Crippen molar-refractivity contribution in [1.29, 1.82) is 0 Å². The van der Waals surface area contributed by atoms with E-state index >= 15 is 0 Å². The van der Waals surface area contributed by atoms with Gasteiger partial charge in [-0.2, -0.15) is 0 Å². The van der Waals surface area contributed by atoms with Crippen LogP contribution in [0.5, 0.6) is 0 Å². The first-order chi connectivity index (χ1) is 12.7. The van der Waals surface area contributed by atoms with Crippen LogP contribution in [0, 0.1) is 5.92 Å². The Hall–Kier alpha value is -1.27. The van der Waals surface area contributed by atoms with Crippen LogP contribution in [-0.4, -0.2) is 42.5 Å². The van der Waals surface area contributed by atoms with E-state index in [9.17, 15) is 0 Å². The monoisotopic (exact) mass is 372 g/mol. The summed E-state index contributed by atoms with van der Waals surface area (Å²) in [5.41, 5.74) is 3.79. The molecule has 0 N–H and O–H groups in total. The van der Waals surface area contributed by atoms with E-state index in [-0.39, 0.29) is 6.29 Å². The Labute approximate surface area is 160 Å². The van der Waals surface area contributed by atoms with E-state index < -0.39 is 0 Å².